The van der Waals surface area contributed by atoms with Crippen molar-refractivity contribution in [2.24, 2.45) is 11.3 Å². The zero-order valence-electron chi connectivity index (χ0n) is 19.2. The Kier molecular flexibility index (Phi) is 6.87. The third-order valence-electron chi connectivity index (χ3n) is 5.42. The second kappa shape index (κ2) is 9.42. The maximum absolute atomic E-state index is 13.1. The lowest BCUT2D eigenvalue weighted by Gasteiger charge is -2.28. The van der Waals surface area contributed by atoms with Crippen LogP contribution < -0.4 is 15.0 Å². The summed E-state index contributed by atoms with van der Waals surface area (Å²) in [6, 6.07) is 11.5. The number of esters is 1. The van der Waals surface area contributed by atoms with Crippen LogP contribution in [-0.2, 0) is 9.53 Å². The van der Waals surface area contributed by atoms with Gasteiger partial charge in [0.1, 0.15) is 12.4 Å². The lowest BCUT2D eigenvalue weighted by atomic mass is 9.92. The number of benzene rings is 2. The van der Waals surface area contributed by atoms with Gasteiger partial charge in [-0.15, -0.1) is 0 Å². The lowest BCUT2D eigenvalue weighted by Crippen LogP contribution is -2.42. The molecule has 1 N–H and O–H groups in total. The first kappa shape index (κ1) is 23.3. The second-order valence-corrected chi connectivity index (χ2v) is 9.02. The number of rotatable bonds is 6. The van der Waals surface area contributed by atoms with Crippen molar-refractivity contribution in [3.05, 3.63) is 53.6 Å². The summed E-state index contributed by atoms with van der Waals surface area (Å²) < 4.78 is 10.7. The van der Waals surface area contributed by atoms with Gasteiger partial charge in [-0.3, -0.25) is 9.59 Å². The van der Waals surface area contributed by atoms with E-state index in [0.29, 0.717) is 40.7 Å². The molecule has 7 nitrogen and oxygen atoms in total. The van der Waals surface area contributed by atoms with Crippen molar-refractivity contribution in [3.8, 4) is 5.75 Å². The summed E-state index contributed by atoms with van der Waals surface area (Å²) in [5.41, 5.74) is 1.39. The normalized spacial score (nSPS) is 14.9. The lowest BCUT2D eigenvalue weighted by molar-refractivity contribution is -0.127. The number of fused-ring (bicyclic) bond motifs is 1. The first-order chi connectivity index (χ1) is 15.1. The summed E-state index contributed by atoms with van der Waals surface area (Å²) in [7, 11) is 1.31. The number of hydrogen-bond donors (Lipinski definition) is 1. The molecule has 1 aliphatic heterocycles. The van der Waals surface area contributed by atoms with Crippen LogP contribution in [0.2, 0.25) is 0 Å². The standard InChI is InChI=1S/C25H30N2O5/c1-16(2)12-13-27-20-11-10-19(14-21(20)32-15-25(3,4)24(27)30)26-22(28)17-6-8-18(9-7-17)23(29)31-5/h6-11,14,16H,12-13,15H2,1-5H3,(H,26,28). The molecular weight excluding hydrogens is 408 g/mol. The van der Waals surface area contributed by atoms with Crippen molar-refractivity contribution in [2.45, 2.75) is 34.1 Å². The predicted molar refractivity (Wildman–Crippen MR) is 123 cm³/mol. The highest BCUT2D eigenvalue weighted by Gasteiger charge is 2.37. The summed E-state index contributed by atoms with van der Waals surface area (Å²) in [6.45, 7) is 8.87. The van der Waals surface area contributed by atoms with E-state index in [1.54, 1.807) is 41.3 Å². The van der Waals surface area contributed by atoms with E-state index in [0.717, 1.165) is 6.42 Å². The average molecular weight is 439 g/mol. The van der Waals surface area contributed by atoms with Gasteiger partial charge >= 0.3 is 5.97 Å². The molecule has 0 unspecified atom stereocenters. The maximum Gasteiger partial charge on any atom is 0.337 e. The van der Waals surface area contributed by atoms with Crippen molar-refractivity contribution >= 4 is 29.2 Å². The van der Waals surface area contributed by atoms with Crippen LogP contribution >= 0.6 is 0 Å². The van der Waals surface area contributed by atoms with Gasteiger partial charge in [-0.2, -0.15) is 0 Å². The maximum atomic E-state index is 13.1. The molecule has 2 aromatic carbocycles. The number of amides is 2. The Balaban J connectivity index is 1.82. The summed E-state index contributed by atoms with van der Waals surface area (Å²) in [6.07, 6.45) is 0.876. The monoisotopic (exact) mass is 438 g/mol. The highest BCUT2D eigenvalue weighted by atomic mass is 16.5. The van der Waals surface area contributed by atoms with Crippen LogP contribution in [0.3, 0.4) is 0 Å². The number of nitrogens with one attached hydrogen (secondary N) is 1. The minimum Gasteiger partial charge on any atom is -0.490 e. The molecule has 3 rings (SSSR count). The topological polar surface area (TPSA) is 84.9 Å². The van der Waals surface area contributed by atoms with Crippen molar-refractivity contribution in [2.75, 3.05) is 30.5 Å². The molecule has 32 heavy (non-hydrogen) atoms. The molecule has 0 fully saturated rings. The van der Waals surface area contributed by atoms with Crippen LogP contribution in [0, 0.1) is 11.3 Å². The zero-order valence-corrected chi connectivity index (χ0v) is 19.2. The number of anilines is 2. The van der Waals surface area contributed by atoms with Gasteiger partial charge in [0.25, 0.3) is 5.91 Å². The Bertz CT molecular complexity index is 1010. The van der Waals surface area contributed by atoms with E-state index in [2.05, 4.69) is 23.9 Å². The van der Waals surface area contributed by atoms with Gasteiger partial charge in [0.05, 0.1) is 23.8 Å². The quantitative estimate of drug-likeness (QED) is 0.670. The number of hydrogen-bond acceptors (Lipinski definition) is 5. The molecule has 2 aromatic rings. The van der Waals surface area contributed by atoms with Gasteiger partial charge in [0, 0.05) is 23.9 Å². The fourth-order valence-electron chi connectivity index (χ4n) is 3.41. The van der Waals surface area contributed by atoms with Gasteiger partial charge in [-0.05, 0) is 62.6 Å². The van der Waals surface area contributed by atoms with E-state index in [1.165, 1.54) is 7.11 Å². The zero-order chi connectivity index (χ0) is 23.5. The van der Waals surface area contributed by atoms with Crippen LogP contribution in [0.15, 0.2) is 42.5 Å². The number of nitrogens with zero attached hydrogens (tertiary/aromatic N) is 1. The molecule has 170 valence electrons. The minimum absolute atomic E-state index is 0.0272. The molecular formula is C25H30N2O5. The second-order valence-electron chi connectivity index (χ2n) is 9.02. The molecule has 0 saturated heterocycles. The van der Waals surface area contributed by atoms with E-state index in [1.807, 2.05) is 19.9 Å². The van der Waals surface area contributed by atoms with Crippen LogP contribution in [-0.4, -0.2) is 38.0 Å². The Morgan fingerprint density at radius 3 is 2.41 bits per heavy atom. The SMILES string of the molecule is COC(=O)c1ccc(C(=O)Nc2ccc3c(c2)OCC(C)(C)C(=O)N3CCC(C)C)cc1. The highest BCUT2D eigenvalue weighted by molar-refractivity contribution is 6.05. The van der Waals surface area contributed by atoms with E-state index >= 15 is 0 Å². The third kappa shape index (κ3) is 5.10. The van der Waals surface area contributed by atoms with Gasteiger partial charge in [0.15, 0.2) is 0 Å². The third-order valence-corrected chi connectivity index (χ3v) is 5.42. The molecule has 1 aliphatic rings. The Morgan fingerprint density at radius 1 is 1.12 bits per heavy atom. The molecule has 0 aromatic heterocycles. The van der Waals surface area contributed by atoms with Crippen LogP contribution in [0.5, 0.6) is 5.75 Å². The van der Waals surface area contributed by atoms with Crippen LogP contribution in [0.4, 0.5) is 11.4 Å². The van der Waals surface area contributed by atoms with Gasteiger partial charge in [-0.1, -0.05) is 13.8 Å². The number of ether oxygens (including phenoxy) is 2. The van der Waals surface area contributed by atoms with E-state index < -0.39 is 11.4 Å². The van der Waals surface area contributed by atoms with Gasteiger partial charge in [0.2, 0.25) is 5.91 Å². The van der Waals surface area contributed by atoms with Crippen LogP contribution in [0.25, 0.3) is 0 Å². The summed E-state index contributed by atoms with van der Waals surface area (Å²) >= 11 is 0. The Morgan fingerprint density at radius 2 is 1.78 bits per heavy atom. The average Bonchev–Trinajstić information content (AvgIpc) is 2.86. The van der Waals surface area contributed by atoms with E-state index in [9.17, 15) is 14.4 Å². The molecule has 2 amide bonds. The molecule has 0 saturated carbocycles. The largest absolute Gasteiger partial charge is 0.490 e. The smallest absolute Gasteiger partial charge is 0.337 e. The van der Waals surface area contributed by atoms with E-state index in [-0.39, 0.29) is 18.4 Å². The summed E-state index contributed by atoms with van der Waals surface area (Å²) in [4.78, 5) is 39.2. The first-order valence-corrected chi connectivity index (χ1v) is 10.7. The van der Waals surface area contributed by atoms with Gasteiger partial charge in [-0.25, -0.2) is 4.79 Å². The molecule has 7 heteroatoms. The molecule has 1 heterocycles. The summed E-state index contributed by atoms with van der Waals surface area (Å²) in [5, 5.41) is 2.85. The van der Waals surface area contributed by atoms with Crippen LogP contribution in [0.1, 0.15) is 54.8 Å². The van der Waals surface area contributed by atoms with Crippen molar-refractivity contribution in [1.29, 1.82) is 0 Å². The molecule has 0 atom stereocenters. The van der Waals surface area contributed by atoms with Gasteiger partial charge < -0.3 is 19.7 Å². The fraction of sp³-hybridized carbons (Fsp3) is 0.400. The molecule has 0 bridgehead atoms. The fourth-order valence-corrected chi connectivity index (χ4v) is 3.41. The van der Waals surface area contributed by atoms with Crippen molar-refractivity contribution < 1.29 is 23.9 Å². The molecule has 0 radical (unpaired) electrons. The highest BCUT2D eigenvalue weighted by Crippen LogP contribution is 2.38. The number of carbonyl (C=O) groups is 3. The number of methoxy groups -OCH3 is 1. The Labute approximate surface area is 188 Å². The molecule has 0 aliphatic carbocycles. The van der Waals surface area contributed by atoms with E-state index in [4.69, 9.17) is 4.74 Å². The minimum atomic E-state index is -0.652. The first-order valence-electron chi connectivity index (χ1n) is 10.7. The Hall–Kier alpha value is -3.35. The predicted octanol–water partition coefficient (Wildman–Crippen LogP) is 4.52. The van der Waals surface area contributed by atoms with Crippen molar-refractivity contribution in [3.63, 3.8) is 0 Å². The van der Waals surface area contributed by atoms with Crippen molar-refractivity contribution in [1.82, 2.24) is 0 Å². The summed E-state index contributed by atoms with van der Waals surface area (Å²) in [5.74, 6) is 0.274. The number of carbonyl (C=O) groups excluding carboxylic acids is 3. The molecule has 0 spiro atoms.